The molecule has 30 heteroatoms. The maximum absolute atomic E-state index is 12.8. The third-order valence-electron chi connectivity index (χ3n) is 17.1. The molecule has 0 fully saturated rings. The highest BCUT2D eigenvalue weighted by Crippen LogP contribution is 2.38. The standard InChI is InChI=1S/C23H26N4O4.C20H18ClN3O4.C19H18ClNO3.C16H15NO.C3H4BrClO2.C3H9N.CH4O.ClH/c1-14-18(20(28)21(24)29)19-16(26(14)13-15-9-6-5-7-10-15)11-8-12-17(19)31-23(22(25)30)27(2,3)4;1-11-15(17(25)19(22)26)16-13(24(11)10-12-6-3-2-4-7-12)8-5-9-14(16)28-18(21)20(23)27;1-13-11-15-16(21(13)12-14-7-4-3-5-8-14)9-6-10-17(15)24-18(20)19(22)23-2;1-12-10-14-15(8-5-9-16(14)18)17(12)11-13-6-3-2-4-7-13;1-7-3(6)2(4)5;1-4(2)3;1-2;/h5-12,23H,13H2,1-4H3,(H3-,24,25,29,30);2-9,18H,10H2,1H3,(H2,22,26)(H2,23,27);3-11,18H,12H2,1-2H3;2-10,18H,11H2,1H3;2H,1H3;1-3H3;2H,1H3;1H/p+1. The van der Waals surface area contributed by atoms with Crippen molar-refractivity contribution in [2.75, 3.05) is 63.6 Å². The topological polar surface area (TPSA) is 350 Å². The summed E-state index contributed by atoms with van der Waals surface area (Å²) in [6.07, 6.45) is -1.00. The average Bonchev–Trinajstić information content (AvgIpc) is 1.63. The van der Waals surface area contributed by atoms with E-state index in [0.717, 1.165) is 64.5 Å². The molecule has 4 heterocycles. The molecule has 10 N–H and O–H groups in total. The lowest BCUT2D eigenvalue weighted by atomic mass is 10.1. The molecule has 610 valence electrons. The number of fused-ring (bicyclic) bond motifs is 4. The van der Waals surface area contributed by atoms with Crippen LogP contribution in [0.5, 0.6) is 23.0 Å². The number of phenols is 1. The van der Waals surface area contributed by atoms with Crippen LogP contribution in [0.25, 0.3) is 43.6 Å². The van der Waals surface area contributed by atoms with Crippen molar-refractivity contribution >= 4 is 154 Å². The van der Waals surface area contributed by atoms with Gasteiger partial charge in [0.2, 0.25) is 5.56 Å². The van der Waals surface area contributed by atoms with Crippen LogP contribution in [0.15, 0.2) is 206 Å². The van der Waals surface area contributed by atoms with Crippen LogP contribution in [-0.4, -0.2) is 170 Å². The van der Waals surface area contributed by atoms with Crippen LogP contribution in [0.1, 0.15) is 65.7 Å². The van der Waals surface area contributed by atoms with Gasteiger partial charge in [0.1, 0.15) is 23.0 Å². The number of aliphatic hydroxyl groups is 1. The Balaban J connectivity index is 0.000000262. The second-order valence-electron chi connectivity index (χ2n) is 26.8. The van der Waals surface area contributed by atoms with Gasteiger partial charge in [0.05, 0.1) is 79.3 Å². The van der Waals surface area contributed by atoms with Gasteiger partial charge in [0, 0.05) is 66.8 Å². The fourth-order valence-electron chi connectivity index (χ4n) is 12.0. The third kappa shape index (κ3) is 25.4. The summed E-state index contributed by atoms with van der Waals surface area (Å²) in [5.74, 6) is -5.06. The molecule has 0 aliphatic carbocycles. The fourth-order valence-corrected chi connectivity index (χ4v) is 12.6. The molecule has 115 heavy (non-hydrogen) atoms. The molecule has 0 aliphatic rings. The number of ether oxygens (including phenoxy) is 5. The van der Waals surface area contributed by atoms with Crippen LogP contribution < -0.4 is 37.1 Å². The summed E-state index contributed by atoms with van der Waals surface area (Å²) < 4.78 is 33.5. The number of hydrogen-bond acceptors (Lipinski definition) is 16. The Morgan fingerprint density at radius 1 is 0.443 bits per heavy atom. The number of esters is 2. The number of aryl methyl sites for hydroxylation is 2. The zero-order valence-electron chi connectivity index (χ0n) is 65.9. The van der Waals surface area contributed by atoms with Crippen LogP contribution in [-0.2, 0) is 64.4 Å². The Morgan fingerprint density at radius 2 is 0.765 bits per heavy atom. The number of halogens is 5. The molecule has 4 unspecified atom stereocenters. The number of likely N-dealkylation sites (N-methyl/N-ethyl adjacent to an activating group) is 1. The number of hydrogen-bond donors (Lipinski definition) is 6. The predicted molar refractivity (Wildman–Crippen MR) is 457 cm³/mol. The zero-order valence-corrected chi connectivity index (χ0v) is 70.6. The predicted octanol–water partition coefficient (Wildman–Crippen LogP) is 12.8. The summed E-state index contributed by atoms with van der Waals surface area (Å²) in [6, 6.07) is 65.7. The number of aromatic hydroxyl groups is 1. The minimum atomic E-state index is -1.43. The first kappa shape index (κ1) is 94.4. The van der Waals surface area contributed by atoms with Crippen LogP contribution in [0.4, 0.5) is 0 Å². The van der Waals surface area contributed by atoms with E-state index in [1.807, 2.05) is 182 Å². The number of amides is 4. The maximum atomic E-state index is 12.8. The van der Waals surface area contributed by atoms with Gasteiger partial charge in [-0.3, -0.25) is 33.3 Å². The number of alkyl halides is 4. The molecule has 25 nitrogen and oxygen atoms in total. The summed E-state index contributed by atoms with van der Waals surface area (Å²) in [5, 5.41) is 19.5. The number of carbonyl (C=O) groups is 8. The molecule has 0 spiro atoms. The van der Waals surface area contributed by atoms with Crippen molar-refractivity contribution in [1.82, 2.24) is 23.2 Å². The first-order chi connectivity index (χ1) is 54.1. The molecule has 0 radical (unpaired) electrons. The Hall–Kier alpha value is -11.2. The summed E-state index contributed by atoms with van der Waals surface area (Å²) in [4.78, 5) is 95.7. The molecule has 0 aliphatic heterocycles. The monoisotopic (exact) mass is 1720 g/mol. The lowest BCUT2D eigenvalue weighted by molar-refractivity contribution is -0.904. The van der Waals surface area contributed by atoms with Crippen LogP contribution in [0.3, 0.4) is 0 Å². The fraction of sp³-hybridized carbons (Fsp3) is 0.247. The van der Waals surface area contributed by atoms with E-state index >= 15 is 0 Å². The highest BCUT2D eigenvalue weighted by atomic mass is 79.9. The van der Waals surface area contributed by atoms with E-state index < -0.39 is 68.8 Å². The van der Waals surface area contributed by atoms with Crippen molar-refractivity contribution in [3.8, 4) is 23.0 Å². The van der Waals surface area contributed by atoms with Gasteiger partial charge < -0.3 is 80.0 Å². The van der Waals surface area contributed by atoms with Crippen molar-refractivity contribution in [3.05, 3.63) is 262 Å². The van der Waals surface area contributed by atoms with Crippen LogP contribution in [0, 0.1) is 27.7 Å². The number of ketones is 2. The zero-order chi connectivity index (χ0) is 84.4. The van der Waals surface area contributed by atoms with Gasteiger partial charge in [-0.1, -0.05) is 196 Å². The van der Waals surface area contributed by atoms with E-state index in [4.69, 9.17) is 77.1 Å². The lowest BCUT2D eigenvalue weighted by Gasteiger charge is -2.31. The van der Waals surface area contributed by atoms with Crippen LogP contribution in [0.2, 0.25) is 0 Å². The van der Waals surface area contributed by atoms with Crippen molar-refractivity contribution in [3.63, 3.8) is 0 Å². The molecule has 0 bridgehead atoms. The molecule has 0 saturated heterocycles. The van der Waals surface area contributed by atoms with Gasteiger partial charge in [0.25, 0.3) is 34.9 Å². The smallest absolute Gasteiger partial charge is 0.363 e. The van der Waals surface area contributed by atoms with E-state index in [2.05, 4.69) is 65.7 Å². The first-order valence-corrected chi connectivity index (χ1v) is 37.4. The molecule has 4 aromatic heterocycles. The molecular weight excluding hydrogens is 1620 g/mol. The van der Waals surface area contributed by atoms with Gasteiger partial charge in [-0.25, -0.2) is 9.59 Å². The van der Waals surface area contributed by atoms with Gasteiger partial charge in [-0.15, -0.1) is 12.4 Å². The van der Waals surface area contributed by atoms with E-state index in [-0.39, 0.29) is 39.5 Å². The summed E-state index contributed by atoms with van der Waals surface area (Å²) in [6.45, 7) is 10.1. The quantitative estimate of drug-likeness (QED) is 0.00865. The first-order valence-electron chi connectivity index (χ1n) is 35.2. The second-order valence-corrected chi connectivity index (χ2v) is 29.5. The molecule has 8 aromatic carbocycles. The molecule has 0 saturated carbocycles. The minimum Gasteiger partial charge on any atom is -0.507 e. The minimum absolute atomic E-state index is 0. The highest BCUT2D eigenvalue weighted by molar-refractivity contribution is 9.10. The Bertz CT molecular complexity index is 5300. The highest BCUT2D eigenvalue weighted by Gasteiger charge is 2.35. The number of nitrogens with zero attached hydrogens (tertiary/aromatic N) is 6. The van der Waals surface area contributed by atoms with E-state index in [1.165, 1.54) is 25.3 Å². The van der Waals surface area contributed by atoms with Gasteiger partial charge in [0.15, 0.2) is 4.29 Å². The molecular formula is C85H96BrCl4N10O15+. The third-order valence-corrected chi connectivity index (χ3v) is 18.3. The van der Waals surface area contributed by atoms with E-state index in [1.54, 1.807) is 77.5 Å². The van der Waals surface area contributed by atoms with E-state index in [0.29, 0.717) is 57.8 Å². The Kier molecular flexibility index (Phi) is 36.5. The summed E-state index contributed by atoms with van der Waals surface area (Å²) in [7, 11) is 14.9. The van der Waals surface area contributed by atoms with Gasteiger partial charge >= 0.3 is 24.1 Å². The number of phenolic OH excluding ortho intramolecular Hbond substituents is 1. The molecule has 12 aromatic rings. The molecule has 4 amide bonds. The SMILES string of the molecule is CN(C)C.CO.COC(=O)C(Cl)Br.COC(=O)C(Cl)Oc1cccc2c1cc(C)n2Cc1ccccc1.Cc1c(C(=O)C(N)=O)c2c(OC(C(N)=O)[N+](C)(C)C)cccc2n1Cc1ccccc1.Cc1c(C(=O)C(N)=O)c2c(OC(Cl)C(N)=O)cccc2n1Cc1ccccc1.Cc1cc2c(O)cccc2n1Cc1ccccc1.Cl. The number of quaternary nitrogens is 1. The van der Waals surface area contributed by atoms with Crippen molar-refractivity contribution in [1.29, 1.82) is 0 Å². The van der Waals surface area contributed by atoms with Gasteiger partial charge in [-0.05, 0) is 132 Å². The number of aliphatic hydroxyl groups excluding tert-OH is 1. The van der Waals surface area contributed by atoms with Crippen molar-refractivity contribution in [2.24, 2.45) is 22.9 Å². The number of Topliss-reactive ketones (excluding diaryl/α,β-unsaturated/α-hetero) is 2. The number of rotatable bonds is 23. The Labute approximate surface area is 696 Å². The normalized spacial score (nSPS) is 11.7. The largest absolute Gasteiger partial charge is 0.507 e. The Morgan fingerprint density at radius 3 is 1.10 bits per heavy atom. The van der Waals surface area contributed by atoms with Crippen molar-refractivity contribution < 1.29 is 76.7 Å². The molecule has 12 rings (SSSR count). The second kappa shape index (κ2) is 44.5. The number of methoxy groups -OCH3 is 2. The molecule has 4 atom stereocenters. The summed E-state index contributed by atoms with van der Waals surface area (Å²) >= 11 is 19.7. The number of nitrogens with two attached hydrogens (primary N) is 4. The summed E-state index contributed by atoms with van der Waals surface area (Å²) in [5.41, 5.74) is 30.3. The van der Waals surface area contributed by atoms with Gasteiger partial charge in [-0.2, -0.15) is 0 Å². The average molecular weight is 1720 g/mol. The lowest BCUT2D eigenvalue weighted by Crippen LogP contribution is -2.55. The number of aromatic nitrogens is 4. The maximum Gasteiger partial charge on any atom is 0.363 e. The number of benzene rings is 8. The van der Waals surface area contributed by atoms with Crippen molar-refractivity contribution in [2.45, 2.75) is 75.5 Å². The number of carbonyl (C=O) groups excluding carboxylic acids is 8. The van der Waals surface area contributed by atoms with Crippen LogP contribution >= 0.6 is 63.1 Å². The van der Waals surface area contributed by atoms with E-state index in [9.17, 15) is 43.5 Å². The number of primary amides is 4.